The van der Waals surface area contributed by atoms with Crippen molar-refractivity contribution in [2.24, 2.45) is 0 Å². The first kappa shape index (κ1) is 19.6. The molecule has 1 atom stereocenters. The normalized spacial score (nSPS) is 26.6. The van der Waals surface area contributed by atoms with E-state index >= 15 is 0 Å². The molecule has 3 aliphatic heterocycles. The molecular formula is C28H30N3O+. The molecule has 1 spiro atoms. The van der Waals surface area contributed by atoms with Crippen LogP contribution in [0.1, 0.15) is 36.9 Å². The highest BCUT2D eigenvalue weighted by molar-refractivity contribution is 5.71. The van der Waals surface area contributed by atoms with E-state index in [0.717, 1.165) is 31.7 Å². The molecule has 0 amide bonds. The molecule has 162 valence electrons. The minimum atomic E-state index is -0.292. The smallest absolute Gasteiger partial charge is 0.191 e. The molecule has 1 saturated heterocycles. The van der Waals surface area contributed by atoms with Crippen LogP contribution in [0.25, 0.3) is 16.8 Å². The number of rotatable bonds is 3. The van der Waals surface area contributed by atoms with Crippen LogP contribution in [-0.4, -0.2) is 30.4 Å². The van der Waals surface area contributed by atoms with Crippen molar-refractivity contribution in [1.29, 1.82) is 0 Å². The molecule has 0 aromatic heterocycles. The molecule has 0 radical (unpaired) electrons. The number of hydrogen-bond acceptors (Lipinski definition) is 3. The summed E-state index contributed by atoms with van der Waals surface area (Å²) in [7, 11) is 0. The van der Waals surface area contributed by atoms with Crippen LogP contribution in [0.15, 0.2) is 84.9 Å². The van der Waals surface area contributed by atoms with Crippen molar-refractivity contribution >= 4 is 5.70 Å². The summed E-state index contributed by atoms with van der Waals surface area (Å²) in [6, 6.07) is 28.2. The zero-order chi connectivity index (χ0) is 21.5. The minimum absolute atomic E-state index is 0.187. The Hall–Kier alpha value is -3.08. The van der Waals surface area contributed by atoms with Crippen molar-refractivity contribution < 1.29 is 9.64 Å². The van der Waals surface area contributed by atoms with Gasteiger partial charge in [0, 0.05) is 5.56 Å². The quantitative estimate of drug-likeness (QED) is 0.665. The van der Waals surface area contributed by atoms with Gasteiger partial charge in [0.25, 0.3) is 0 Å². The fourth-order valence-corrected chi connectivity index (χ4v) is 5.45. The van der Waals surface area contributed by atoms with E-state index in [1.165, 1.54) is 34.5 Å². The molecule has 3 aliphatic rings. The largest absolute Gasteiger partial charge is 0.470 e. The molecule has 32 heavy (non-hydrogen) atoms. The second-order valence-corrected chi connectivity index (χ2v) is 9.14. The van der Waals surface area contributed by atoms with Crippen molar-refractivity contribution in [2.75, 3.05) is 19.6 Å². The van der Waals surface area contributed by atoms with Crippen LogP contribution >= 0.6 is 0 Å². The van der Waals surface area contributed by atoms with Gasteiger partial charge in [-0.25, -0.2) is 0 Å². The maximum atomic E-state index is 6.75. The first-order valence-electron chi connectivity index (χ1n) is 11.8. The van der Waals surface area contributed by atoms with E-state index in [1.54, 1.807) is 4.90 Å². The number of hydrogen-bond donors (Lipinski definition) is 2. The van der Waals surface area contributed by atoms with Gasteiger partial charge in [0.15, 0.2) is 5.72 Å². The van der Waals surface area contributed by atoms with Crippen LogP contribution in [0.5, 0.6) is 5.75 Å². The highest BCUT2D eigenvalue weighted by atomic mass is 16.5. The Balaban J connectivity index is 1.33. The molecule has 0 unspecified atom stereocenters. The summed E-state index contributed by atoms with van der Waals surface area (Å²) in [4.78, 5) is 1.67. The maximum absolute atomic E-state index is 6.75. The van der Waals surface area contributed by atoms with Crippen molar-refractivity contribution in [3.8, 4) is 16.9 Å². The summed E-state index contributed by atoms with van der Waals surface area (Å²) in [6.45, 7) is 5.75. The third-order valence-electron chi connectivity index (χ3n) is 7.36. The van der Waals surface area contributed by atoms with Crippen molar-refractivity contribution in [1.82, 2.24) is 10.4 Å². The average molecular weight is 425 g/mol. The van der Waals surface area contributed by atoms with Gasteiger partial charge in [0.2, 0.25) is 0 Å². The second kappa shape index (κ2) is 7.80. The van der Waals surface area contributed by atoms with Gasteiger partial charge in [0.1, 0.15) is 5.75 Å². The lowest BCUT2D eigenvalue weighted by molar-refractivity contribution is -0.906. The average Bonchev–Trinajstić information content (AvgIpc) is 3.32. The van der Waals surface area contributed by atoms with Gasteiger partial charge in [-0.05, 0) is 35.8 Å². The summed E-state index contributed by atoms with van der Waals surface area (Å²) in [5.74, 6) is 1.03. The highest BCUT2D eigenvalue weighted by Crippen LogP contribution is 2.47. The standard InChI is InChI=1S/C28H29N3O/c1-2-30-18-16-28(17-19-30)31-26(24-10-6-7-11-27(24)32-28)20-25(29-31)23-14-12-22(13-15-23)21-8-4-3-5-9-21/h3-15,20,26,29H,2,16-19H2,1H3/p+1/t26-/m0/s1. The lowest BCUT2D eigenvalue weighted by Crippen LogP contribution is -3.13. The first-order chi connectivity index (χ1) is 15.8. The van der Waals surface area contributed by atoms with E-state index in [2.05, 4.69) is 102 Å². The molecule has 1 fully saturated rings. The van der Waals surface area contributed by atoms with Crippen LogP contribution < -0.4 is 15.1 Å². The Bertz CT molecular complexity index is 1130. The molecule has 3 heterocycles. The van der Waals surface area contributed by atoms with Crippen LogP contribution in [0.2, 0.25) is 0 Å². The van der Waals surface area contributed by atoms with Gasteiger partial charge in [-0.2, -0.15) is 5.01 Å². The summed E-state index contributed by atoms with van der Waals surface area (Å²) < 4.78 is 6.75. The van der Waals surface area contributed by atoms with E-state index in [-0.39, 0.29) is 11.8 Å². The predicted molar refractivity (Wildman–Crippen MR) is 128 cm³/mol. The lowest BCUT2D eigenvalue weighted by atomic mass is 9.93. The summed E-state index contributed by atoms with van der Waals surface area (Å²) in [5, 5.41) is 2.39. The number of ether oxygens (including phenoxy) is 1. The van der Waals surface area contributed by atoms with Gasteiger partial charge >= 0.3 is 0 Å². The monoisotopic (exact) mass is 424 g/mol. The third-order valence-corrected chi connectivity index (χ3v) is 7.36. The van der Waals surface area contributed by atoms with Gasteiger partial charge in [-0.15, -0.1) is 0 Å². The minimum Gasteiger partial charge on any atom is -0.470 e. The Morgan fingerprint density at radius 2 is 1.53 bits per heavy atom. The van der Waals surface area contributed by atoms with E-state index in [1.807, 2.05) is 0 Å². The second-order valence-electron chi connectivity index (χ2n) is 9.14. The Kier molecular flexibility index (Phi) is 4.78. The van der Waals surface area contributed by atoms with Gasteiger partial charge in [-0.1, -0.05) is 72.8 Å². The van der Waals surface area contributed by atoms with Gasteiger partial charge in [-0.3, -0.25) is 0 Å². The molecule has 6 rings (SSSR count). The van der Waals surface area contributed by atoms with E-state index < -0.39 is 0 Å². The summed E-state index contributed by atoms with van der Waals surface area (Å²) in [6.07, 6.45) is 4.43. The van der Waals surface area contributed by atoms with Crippen molar-refractivity contribution in [3.05, 3.63) is 96.1 Å². The van der Waals surface area contributed by atoms with Crippen LogP contribution in [0.4, 0.5) is 0 Å². The van der Waals surface area contributed by atoms with Crippen LogP contribution in [-0.2, 0) is 0 Å². The zero-order valence-electron chi connectivity index (χ0n) is 18.6. The van der Waals surface area contributed by atoms with Crippen LogP contribution in [0.3, 0.4) is 0 Å². The topological polar surface area (TPSA) is 28.9 Å². The number of benzene rings is 3. The molecule has 2 N–H and O–H groups in total. The molecule has 0 bridgehead atoms. The van der Waals surface area contributed by atoms with E-state index in [0.29, 0.717) is 0 Å². The van der Waals surface area contributed by atoms with Crippen molar-refractivity contribution in [2.45, 2.75) is 31.5 Å². The molecule has 3 aromatic rings. The van der Waals surface area contributed by atoms with Gasteiger partial charge in [0.05, 0.1) is 44.2 Å². The zero-order valence-corrected chi connectivity index (χ0v) is 18.6. The maximum Gasteiger partial charge on any atom is 0.191 e. The van der Waals surface area contributed by atoms with E-state index in [4.69, 9.17) is 4.74 Å². The number of piperidine rings is 1. The molecular weight excluding hydrogens is 394 g/mol. The molecule has 4 heteroatoms. The third kappa shape index (κ3) is 3.22. The summed E-state index contributed by atoms with van der Waals surface area (Å²) >= 11 is 0. The summed E-state index contributed by atoms with van der Waals surface area (Å²) in [5.41, 5.74) is 9.58. The fraction of sp³-hybridized carbons (Fsp3) is 0.286. The Morgan fingerprint density at radius 1 is 0.875 bits per heavy atom. The number of quaternary nitrogens is 1. The Labute approximate surface area is 190 Å². The number of fused-ring (bicyclic) bond motifs is 4. The van der Waals surface area contributed by atoms with E-state index in [9.17, 15) is 0 Å². The SMILES string of the molecule is CC[NH+]1CCC2(CC1)Oc1ccccc1[C@@H]1C=C(c3ccc(-c4ccccc4)cc3)NN12. The van der Waals surface area contributed by atoms with Gasteiger partial charge < -0.3 is 15.1 Å². The number of para-hydroxylation sites is 1. The predicted octanol–water partition coefficient (Wildman–Crippen LogP) is 4.04. The lowest BCUT2D eigenvalue weighted by Gasteiger charge is -2.50. The van der Waals surface area contributed by atoms with Crippen LogP contribution in [0, 0.1) is 0 Å². The number of nitrogens with zero attached hydrogens (tertiary/aromatic N) is 1. The van der Waals surface area contributed by atoms with Crippen molar-refractivity contribution in [3.63, 3.8) is 0 Å². The molecule has 0 aliphatic carbocycles. The molecule has 3 aromatic carbocycles. The number of hydrazine groups is 1. The number of likely N-dealkylation sites (tertiary alicyclic amines) is 1. The highest BCUT2D eigenvalue weighted by Gasteiger charge is 2.52. The number of nitrogens with one attached hydrogen (secondary N) is 2. The Morgan fingerprint density at radius 3 is 2.28 bits per heavy atom. The fourth-order valence-electron chi connectivity index (χ4n) is 5.45. The molecule has 0 saturated carbocycles. The first-order valence-corrected chi connectivity index (χ1v) is 11.8. The molecule has 4 nitrogen and oxygen atoms in total.